The summed E-state index contributed by atoms with van der Waals surface area (Å²) < 4.78 is 5.14. The molecule has 2 aromatic heterocycles. The van der Waals surface area contributed by atoms with Gasteiger partial charge in [0.25, 0.3) is 11.6 Å². The van der Waals surface area contributed by atoms with Crippen molar-refractivity contribution < 1.29 is 9.32 Å². The first-order valence-corrected chi connectivity index (χ1v) is 7.09. The number of aryl methyl sites for hydroxylation is 2. The molecule has 0 aliphatic rings. The van der Waals surface area contributed by atoms with Crippen LogP contribution in [0.2, 0.25) is 0 Å². The van der Waals surface area contributed by atoms with E-state index in [1.165, 1.54) is 0 Å². The Morgan fingerprint density at radius 3 is 2.74 bits per heavy atom. The fourth-order valence-electron chi connectivity index (χ4n) is 2.39. The first kappa shape index (κ1) is 14.7. The van der Waals surface area contributed by atoms with Crippen LogP contribution in [-0.2, 0) is 6.42 Å². The second-order valence-corrected chi connectivity index (χ2v) is 5.25. The predicted molar refractivity (Wildman–Crippen MR) is 85.0 cm³/mol. The predicted octanol–water partition coefficient (Wildman–Crippen LogP) is 3.16. The molecular formula is C17H14N4O2. The first-order chi connectivity index (χ1) is 11.1. The quantitative estimate of drug-likeness (QED) is 0.802. The molecule has 0 radical (unpaired) electrons. The molecule has 2 heterocycles. The number of pyridine rings is 1. The van der Waals surface area contributed by atoms with Crippen molar-refractivity contribution in [3.63, 3.8) is 0 Å². The Morgan fingerprint density at radius 1 is 1.30 bits per heavy atom. The molecule has 0 aliphatic carbocycles. The van der Waals surface area contributed by atoms with Crippen LogP contribution in [0.5, 0.6) is 0 Å². The molecule has 6 nitrogen and oxygen atoms in total. The van der Waals surface area contributed by atoms with E-state index in [2.05, 4.69) is 21.5 Å². The molecule has 23 heavy (non-hydrogen) atoms. The Kier molecular flexibility index (Phi) is 3.77. The Balaban J connectivity index is 1.92. The van der Waals surface area contributed by atoms with Crippen LogP contribution >= 0.6 is 0 Å². The van der Waals surface area contributed by atoms with Crippen LogP contribution in [0.4, 0.5) is 5.69 Å². The van der Waals surface area contributed by atoms with Crippen molar-refractivity contribution >= 4 is 22.7 Å². The number of carbonyl (C=O) groups excluding carboxylic acids is 1. The van der Waals surface area contributed by atoms with Gasteiger partial charge in [-0.3, -0.25) is 4.79 Å². The van der Waals surface area contributed by atoms with Crippen LogP contribution in [-0.4, -0.2) is 16.0 Å². The van der Waals surface area contributed by atoms with E-state index in [4.69, 9.17) is 9.78 Å². The maximum absolute atomic E-state index is 12.6. The summed E-state index contributed by atoms with van der Waals surface area (Å²) in [5.41, 5.74) is 3.71. The van der Waals surface area contributed by atoms with Crippen molar-refractivity contribution in [2.75, 3.05) is 5.32 Å². The number of benzene rings is 1. The largest absolute Gasteiger partial charge is 0.336 e. The van der Waals surface area contributed by atoms with Gasteiger partial charge in [0, 0.05) is 11.4 Å². The second kappa shape index (κ2) is 5.89. The lowest BCUT2D eigenvalue weighted by Crippen LogP contribution is -2.13. The Morgan fingerprint density at radius 2 is 2.04 bits per heavy atom. The Bertz CT molecular complexity index is 920. The molecule has 0 atom stereocenters. The molecule has 114 valence electrons. The first-order valence-electron chi connectivity index (χ1n) is 7.09. The molecule has 3 aromatic rings. The molecule has 1 aromatic carbocycles. The van der Waals surface area contributed by atoms with Crippen molar-refractivity contribution in [1.82, 2.24) is 10.1 Å². The summed E-state index contributed by atoms with van der Waals surface area (Å²) >= 11 is 0. The van der Waals surface area contributed by atoms with Gasteiger partial charge in [0.15, 0.2) is 0 Å². The molecule has 0 saturated heterocycles. The van der Waals surface area contributed by atoms with E-state index in [9.17, 15) is 4.79 Å². The summed E-state index contributed by atoms with van der Waals surface area (Å²) in [5, 5.41) is 16.0. The van der Waals surface area contributed by atoms with Gasteiger partial charge in [-0.2, -0.15) is 5.26 Å². The van der Waals surface area contributed by atoms with E-state index in [0.29, 0.717) is 40.2 Å². The number of amides is 1. The lowest BCUT2D eigenvalue weighted by Gasteiger charge is -2.07. The fraction of sp³-hybridized carbons (Fsp3) is 0.176. The van der Waals surface area contributed by atoms with Crippen LogP contribution in [0.3, 0.4) is 0 Å². The van der Waals surface area contributed by atoms with Gasteiger partial charge in [-0.25, -0.2) is 4.98 Å². The molecular weight excluding hydrogens is 292 g/mol. The number of hydrogen-bond donors (Lipinski definition) is 1. The van der Waals surface area contributed by atoms with Crippen LogP contribution in [0.1, 0.15) is 27.3 Å². The summed E-state index contributed by atoms with van der Waals surface area (Å²) in [4.78, 5) is 16.8. The van der Waals surface area contributed by atoms with Crippen LogP contribution in [0, 0.1) is 25.2 Å². The fourth-order valence-corrected chi connectivity index (χ4v) is 2.39. The molecule has 0 saturated carbocycles. The number of hydrogen-bond acceptors (Lipinski definition) is 5. The van der Waals surface area contributed by atoms with E-state index < -0.39 is 0 Å². The third kappa shape index (κ3) is 2.90. The van der Waals surface area contributed by atoms with Crippen molar-refractivity contribution in [3.8, 4) is 6.07 Å². The number of carbonyl (C=O) groups is 1. The average molecular weight is 306 g/mol. The number of nitrogens with one attached hydrogen (secondary N) is 1. The summed E-state index contributed by atoms with van der Waals surface area (Å²) in [6.07, 6.45) is 0.346. The molecule has 0 unspecified atom stereocenters. The van der Waals surface area contributed by atoms with Crippen LogP contribution in [0.15, 0.2) is 34.9 Å². The van der Waals surface area contributed by atoms with Crippen molar-refractivity contribution in [1.29, 1.82) is 5.26 Å². The zero-order valence-corrected chi connectivity index (χ0v) is 12.8. The monoisotopic (exact) mass is 306 g/mol. The summed E-state index contributed by atoms with van der Waals surface area (Å²) in [5.74, 6) is -0.250. The van der Waals surface area contributed by atoms with Gasteiger partial charge in [-0.05, 0) is 37.6 Å². The van der Waals surface area contributed by atoms with Gasteiger partial charge in [-0.15, -0.1) is 0 Å². The highest BCUT2D eigenvalue weighted by atomic mass is 16.5. The van der Waals surface area contributed by atoms with Crippen molar-refractivity contribution in [2.45, 2.75) is 20.3 Å². The SMILES string of the molecule is Cc1cc(C(=O)Nc2ccc(CC#N)cc2)c2c(C)noc2n1. The summed E-state index contributed by atoms with van der Waals surface area (Å²) in [6, 6.07) is 11.0. The summed E-state index contributed by atoms with van der Waals surface area (Å²) in [7, 11) is 0. The topological polar surface area (TPSA) is 91.8 Å². The number of nitriles is 1. The van der Waals surface area contributed by atoms with Gasteiger partial charge >= 0.3 is 0 Å². The van der Waals surface area contributed by atoms with Crippen molar-refractivity contribution in [2.24, 2.45) is 0 Å². The highest BCUT2D eigenvalue weighted by Crippen LogP contribution is 2.23. The van der Waals surface area contributed by atoms with E-state index in [-0.39, 0.29) is 5.91 Å². The van der Waals surface area contributed by atoms with Gasteiger partial charge in [0.2, 0.25) is 0 Å². The zero-order chi connectivity index (χ0) is 16.4. The van der Waals surface area contributed by atoms with Gasteiger partial charge in [0.05, 0.1) is 29.1 Å². The molecule has 6 heteroatoms. The van der Waals surface area contributed by atoms with Gasteiger partial charge in [0.1, 0.15) is 0 Å². The molecule has 3 rings (SSSR count). The van der Waals surface area contributed by atoms with Gasteiger partial charge < -0.3 is 9.84 Å². The van der Waals surface area contributed by atoms with Crippen LogP contribution in [0.25, 0.3) is 11.1 Å². The maximum atomic E-state index is 12.6. The lowest BCUT2D eigenvalue weighted by atomic mass is 10.1. The standard InChI is InChI=1S/C17H14N4O2/c1-10-9-14(15-11(2)21-23-17(15)19-10)16(22)20-13-5-3-12(4-6-13)7-8-18/h3-6,9H,7H2,1-2H3,(H,20,22). The van der Waals surface area contributed by atoms with E-state index in [0.717, 1.165) is 5.56 Å². The maximum Gasteiger partial charge on any atom is 0.258 e. The molecule has 0 fully saturated rings. The van der Waals surface area contributed by atoms with Crippen LogP contribution < -0.4 is 5.32 Å². The highest BCUT2D eigenvalue weighted by molar-refractivity contribution is 6.12. The average Bonchev–Trinajstić information content (AvgIpc) is 2.90. The molecule has 1 N–H and O–H groups in total. The third-order valence-corrected chi connectivity index (χ3v) is 3.48. The number of aromatic nitrogens is 2. The Labute approximate surface area is 132 Å². The summed E-state index contributed by atoms with van der Waals surface area (Å²) in [6.45, 7) is 3.57. The molecule has 1 amide bonds. The molecule has 0 aliphatic heterocycles. The third-order valence-electron chi connectivity index (χ3n) is 3.48. The van der Waals surface area contributed by atoms with E-state index in [1.807, 2.05) is 12.1 Å². The minimum atomic E-state index is -0.250. The number of anilines is 1. The lowest BCUT2D eigenvalue weighted by molar-refractivity contribution is 0.102. The minimum absolute atomic E-state index is 0.250. The molecule has 0 spiro atoms. The number of rotatable bonds is 3. The zero-order valence-electron chi connectivity index (χ0n) is 12.8. The van der Waals surface area contributed by atoms with E-state index in [1.54, 1.807) is 32.0 Å². The smallest absolute Gasteiger partial charge is 0.258 e. The number of fused-ring (bicyclic) bond motifs is 1. The van der Waals surface area contributed by atoms with Crippen molar-refractivity contribution in [3.05, 3.63) is 52.8 Å². The normalized spacial score (nSPS) is 10.5. The van der Waals surface area contributed by atoms with E-state index >= 15 is 0 Å². The molecule has 0 bridgehead atoms. The Hall–Kier alpha value is -3.20. The second-order valence-electron chi connectivity index (χ2n) is 5.25. The number of nitrogens with zero attached hydrogens (tertiary/aromatic N) is 3. The minimum Gasteiger partial charge on any atom is -0.336 e. The highest BCUT2D eigenvalue weighted by Gasteiger charge is 2.17. The van der Waals surface area contributed by atoms with Gasteiger partial charge in [-0.1, -0.05) is 17.3 Å².